The molecule has 0 aliphatic carbocycles. The van der Waals surface area contributed by atoms with Crippen molar-refractivity contribution in [2.24, 2.45) is 0 Å². The second-order valence-corrected chi connectivity index (χ2v) is 5.52. The van der Waals surface area contributed by atoms with E-state index in [1.54, 1.807) is 11.3 Å². The molecule has 0 spiro atoms. The number of para-hydroxylation sites is 1. The summed E-state index contributed by atoms with van der Waals surface area (Å²) in [7, 11) is 0. The zero-order valence-electron chi connectivity index (χ0n) is 11.5. The van der Waals surface area contributed by atoms with Gasteiger partial charge in [0, 0.05) is 0 Å². The van der Waals surface area contributed by atoms with E-state index in [1.165, 1.54) is 0 Å². The first-order valence-electron chi connectivity index (χ1n) is 6.70. The number of rotatable bonds is 4. The van der Waals surface area contributed by atoms with Crippen LogP contribution in [-0.4, -0.2) is 21.1 Å². The number of hydrogen-bond acceptors (Lipinski definition) is 4. The van der Waals surface area contributed by atoms with E-state index < -0.39 is 0 Å². The van der Waals surface area contributed by atoms with Gasteiger partial charge in [-0.05, 0) is 25.0 Å². The molecule has 0 fully saturated rings. The number of fused-ring (bicyclic) bond motifs is 1. The molecule has 1 aromatic carbocycles. The van der Waals surface area contributed by atoms with Crippen LogP contribution in [0.25, 0.3) is 15.3 Å². The predicted octanol–water partition coefficient (Wildman–Crippen LogP) is 3.42. The topological polar surface area (TPSA) is 47.8 Å². The molecule has 0 aliphatic heterocycles. The number of carbonyl (C=O) groups excluding carboxylic acids is 1. The van der Waals surface area contributed by atoms with E-state index in [0.717, 1.165) is 45.9 Å². The lowest BCUT2D eigenvalue weighted by Gasteiger charge is -2.00. The summed E-state index contributed by atoms with van der Waals surface area (Å²) < 4.78 is 2.96. The minimum atomic E-state index is 0.717. The predicted molar refractivity (Wildman–Crippen MR) is 80.9 cm³/mol. The van der Waals surface area contributed by atoms with Crippen molar-refractivity contribution in [3.05, 3.63) is 41.2 Å². The fourth-order valence-corrected chi connectivity index (χ4v) is 3.30. The van der Waals surface area contributed by atoms with Gasteiger partial charge in [-0.15, -0.1) is 0 Å². The molecule has 3 rings (SSSR count). The van der Waals surface area contributed by atoms with E-state index in [4.69, 9.17) is 0 Å². The van der Waals surface area contributed by atoms with Gasteiger partial charge in [0.05, 0.1) is 27.2 Å². The van der Waals surface area contributed by atoms with Crippen LogP contribution in [0.15, 0.2) is 24.3 Å². The van der Waals surface area contributed by atoms with E-state index >= 15 is 0 Å². The molecule has 0 radical (unpaired) electrons. The average molecular weight is 285 g/mol. The zero-order valence-corrected chi connectivity index (χ0v) is 12.3. The van der Waals surface area contributed by atoms with Crippen LogP contribution in [0.5, 0.6) is 0 Å². The van der Waals surface area contributed by atoms with Gasteiger partial charge in [-0.2, -0.15) is 5.10 Å². The quantitative estimate of drug-likeness (QED) is 0.690. The van der Waals surface area contributed by atoms with Crippen LogP contribution in [0.1, 0.15) is 35.6 Å². The molecular formula is C15H15N3OS. The highest BCUT2D eigenvalue weighted by Crippen LogP contribution is 2.27. The SMILES string of the molecule is CCc1nn(-c2nc3ccccc3s2)c(CC)c1C=O. The summed E-state index contributed by atoms with van der Waals surface area (Å²) in [5.41, 5.74) is 3.47. The number of hydrogen-bond donors (Lipinski definition) is 0. The summed E-state index contributed by atoms with van der Waals surface area (Å²) in [6, 6.07) is 8.02. The molecule has 0 bridgehead atoms. The summed E-state index contributed by atoms with van der Waals surface area (Å²) in [5.74, 6) is 0. The first-order valence-corrected chi connectivity index (χ1v) is 7.52. The van der Waals surface area contributed by atoms with Gasteiger partial charge in [0.2, 0.25) is 5.13 Å². The first kappa shape index (κ1) is 13.0. The van der Waals surface area contributed by atoms with E-state index in [1.807, 2.05) is 42.8 Å². The highest BCUT2D eigenvalue weighted by Gasteiger charge is 2.18. The van der Waals surface area contributed by atoms with Crippen LogP contribution in [0.2, 0.25) is 0 Å². The van der Waals surface area contributed by atoms with Gasteiger partial charge in [0.25, 0.3) is 0 Å². The third-order valence-electron chi connectivity index (χ3n) is 3.35. The van der Waals surface area contributed by atoms with Crippen molar-refractivity contribution in [1.29, 1.82) is 0 Å². The largest absolute Gasteiger partial charge is 0.298 e. The minimum Gasteiger partial charge on any atom is -0.298 e. The molecule has 102 valence electrons. The van der Waals surface area contributed by atoms with Gasteiger partial charge in [-0.1, -0.05) is 37.3 Å². The smallest absolute Gasteiger partial charge is 0.211 e. The van der Waals surface area contributed by atoms with E-state index in [-0.39, 0.29) is 0 Å². The van der Waals surface area contributed by atoms with E-state index in [2.05, 4.69) is 10.1 Å². The molecule has 0 aliphatic rings. The molecular weight excluding hydrogens is 270 g/mol. The Labute approximate surface area is 121 Å². The standard InChI is InChI=1S/C15H15N3OS/c1-3-11-10(9-19)13(4-2)18(17-11)15-16-12-7-5-6-8-14(12)20-15/h5-9H,3-4H2,1-2H3. The van der Waals surface area contributed by atoms with E-state index in [0.29, 0.717) is 5.56 Å². The van der Waals surface area contributed by atoms with Gasteiger partial charge in [0.1, 0.15) is 0 Å². The maximum absolute atomic E-state index is 11.3. The maximum atomic E-state index is 11.3. The second-order valence-electron chi connectivity index (χ2n) is 4.51. The minimum absolute atomic E-state index is 0.717. The van der Waals surface area contributed by atoms with Gasteiger partial charge in [-0.25, -0.2) is 9.67 Å². The zero-order chi connectivity index (χ0) is 14.1. The fourth-order valence-electron chi connectivity index (χ4n) is 2.36. The van der Waals surface area contributed by atoms with Crippen LogP contribution in [0.4, 0.5) is 0 Å². The number of carbonyl (C=O) groups is 1. The summed E-state index contributed by atoms with van der Waals surface area (Å²) >= 11 is 1.60. The summed E-state index contributed by atoms with van der Waals surface area (Å²) in [6.45, 7) is 4.05. The Morgan fingerprint density at radius 3 is 2.70 bits per heavy atom. The molecule has 0 saturated carbocycles. The van der Waals surface area contributed by atoms with Crippen molar-refractivity contribution < 1.29 is 4.79 Å². The van der Waals surface area contributed by atoms with Crippen molar-refractivity contribution >= 4 is 27.8 Å². The van der Waals surface area contributed by atoms with Crippen molar-refractivity contribution in [1.82, 2.24) is 14.8 Å². The molecule has 0 N–H and O–H groups in total. The molecule has 0 saturated heterocycles. The Morgan fingerprint density at radius 1 is 1.25 bits per heavy atom. The molecule has 4 nitrogen and oxygen atoms in total. The highest BCUT2D eigenvalue weighted by molar-refractivity contribution is 7.20. The van der Waals surface area contributed by atoms with Crippen LogP contribution >= 0.6 is 11.3 Å². The summed E-state index contributed by atoms with van der Waals surface area (Å²) in [4.78, 5) is 15.9. The number of benzene rings is 1. The molecule has 0 amide bonds. The van der Waals surface area contributed by atoms with Crippen molar-refractivity contribution in [2.75, 3.05) is 0 Å². The Hall–Kier alpha value is -2.01. The van der Waals surface area contributed by atoms with Gasteiger partial charge >= 0.3 is 0 Å². The summed E-state index contributed by atoms with van der Waals surface area (Å²) in [5, 5.41) is 5.39. The Kier molecular flexibility index (Phi) is 3.36. The molecule has 0 unspecified atom stereocenters. The van der Waals surface area contributed by atoms with Gasteiger partial charge < -0.3 is 0 Å². The highest BCUT2D eigenvalue weighted by atomic mass is 32.1. The molecule has 20 heavy (non-hydrogen) atoms. The Morgan fingerprint density at radius 2 is 2.05 bits per heavy atom. The first-order chi connectivity index (χ1) is 9.78. The normalized spacial score (nSPS) is 11.1. The lowest BCUT2D eigenvalue weighted by molar-refractivity contribution is 0.112. The summed E-state index contributed by atoms with van der Waals surface area (Å²) in [6.07, 6.45) is 2.42. The lowest BCUT2D eigenvalue weighted by atomic mass is 10.1. The van der Waals surface area contributed by atoms with Crippen LogP contribution < -0.4 is 0 Å². The third kappa shape index (κ3) is 1.94. The number of aromatic nitrogens is 3. The van der Waals surface area contributed by atoms with Crippen LogP contribution in [0.3, 0.4) is 0 Å². The molecule has 2 heterocycles. The Balaban J connectivity index is 2.22. The second kappa shape index (κ2) is 5.17. The lowest BCUT2D eigenvalue weighted by Crippen LogP contribution is -2.01. The van der Waals surface area contributed by atoms with Gasteiger partial charge in [0.15, 0.2) is 6.29 Å². The average Bonchev–Trinajstić information content (AvgIpc) is 3.06. The van der Waals surface area contributed by atoms with Gasteiger partial charge in [-0.3, -0.25) is 4.79 Å². The third-order valence-corrected chi connectivity index (χ3v) is 4.36. The number of aryl methyl sites for hydroxylation is 1. The maximum Gasteiger partial charge on any atom is 0.211 e. The van der Waals surface area contributed by atoms with Crippen molar-refractivity contribution in [2.45, 2.75) is 26.7 Å². The number of nitrogens with zero attached hydrogens (tertiary/aromatic N) is 3. The monoisotopic (exact) mass is 285 g/mol. The number of thiazole rings is 1. The number of aldehydes is 1. The molecule has 2 aromatic heterocycles. The van der Waals surface area contributed by atoms with Crippen molar-refractivity contribution in [3.63, 3.8) is 0 Å². The Bertz CT molecular complexity index is 740. The molecule has 0 atom stereocenters. The molecule has 3 aromatic rings. The van der Waals surface area contributed by atoms with Crippen LogP contribution in [0, 0.1) is 0 Å². The molecule has 5 heteroatoms. The van der Waals surface area contributed by atoms with E-state index in [9.17, 15) is 4.79 Å². The van der Waals surface area contributed by atoms with Crippen molar-refractivity contribution in [3.8, 4) is 5.13 Å². The van der Waals surface area contributed by atoms with Crippen LogP contribution in [-0.2, 0) is 12.8 Å². The fraction of sp³-hybridized carbons (Fsp3) is 0.267.